The molecule has 4 nitrogen and oxygen atoms in total. The summed E-state index contributed by atoms with van der Waals surface area (Å²) < 4.78 is 24.4. The maximum absolute atomic E-state index is 12.1. The Morgan fingerprint density at radius 3 is 2.26 bits per heavy atom. The van der Waals surface area contributed by atoms with Crippen LogP contribution in [-0.4, -0.2) is 37.2 Å². The van der Waals surface area contributed by atoms with Crippen LogP contribution in [0.2, 0.25) is 0 Å². The Balaban J connectivity index is 2.13. The summed E-state index contributed by atoms with van der Waals surface area (Å²) in [6.07, 6.45) is 0. The highest BCUT2D eigenvalue weighted by Crippen LogP contribution is 2.22. The minimum absolute atomic E-state index is 0.0956. The van der Waals surface area contributed by atoms with E-state index in [1.807, 2.05) is 0 Å². The Bertz CT molecular complexity index is 600. The minimum Gasteiger partial charge on any atom is -0.347 e. The van der Waals surface area contributed by atoms with Gasteiger partial charge in [0.1, 0.15) is 0 Å². The highest BCUT2D eigenvalue weighted by atomic mass is 79.9. The fourth-order valence-corrected chi connectivity index (χ4v) is 5.72. The molecular weight excluding hydrogens is 421 g/mol. The second-order valence-electron chi connectivity index (χ2n) is 4.33. The number of carbonyl (C=O) groups is 1. The summed E-state index contributed by atoms with van der Waals surface area (Å²) in [5.74, 6) is -0.543. The Hall–Kier alpha value is -0.110. The Kier molecular flexibility index (Phi) is 4.59. The first kappa shape index (κ1) is 15.3. The molecule has 104 valence electrons. The van der Waals surface area contributed by atoms with E-state index in [1.165, 1.54) is 0 Å². The summed E-state index contributed by atoms with van der Waals surface area (Å²) in [5.41, 5.74) is 0.439. The van der Waals surface area contributed by atoms with Crippen LogP contribution in [0, 0.1) is 0 Å². The molecule has 1 heterocycles. The van der Waals surface area contributed by atoms with Crippen molar-refractivity contribution >= 4 is 59.2 Å². The van der Waals surface area contributed by atoms with E-state index in [1.54, 1.807) is 18.2 Å². The zero-order valence-electron chi connectivity index (χ0n) is 9.57. The molecule has 1 amide bonds. The SMILES string of the molecule is O=C(NC1CS(=O)(=O)CC1Cl)c1cc(Br)cc(Br)c1. The summed E-state index contributed by atoms with van der Waals surface area (Å²) in [4.78, 5) is 12.1. The van der Waals surface area contributed by atoms with Gasteiger partial charge in [-0.25, -0.2) is 8.42 Å². The van der Waals surface area contributed by atoms with Gasteiger partial charge in [0.15, 0.2) is 9.84 Å². The first-order valence-corrected chi connectivity index (χ1v) is 9.23. The number of rotatable bonds is 2. The van der Waals surface area contributed by atoms with Crippen LogP contribution in [0.3, 0.4) is 0 Å². The van der Waals surface area contributed by atoms with Crippen LogP contribution in [0.4, 0.5) is 0 Å². The van der Waals surface area contributed by atoms with Crippen LogP contribution < -0.4 is 5.32 Å². The van der Waals surface area contributed by atoms with Crippen LogP contribution in [0.1, 0.15) is 10.4 Å². The largest absolute Gasteiger partial charge is 0.347 e. The number of carbonyl (C=O) groups excluding carboxylic acids is 1. The van der Waals surface area contributed by atoms with Gasteiger partial charge in [0.25, 0.3) is 5.91 Å². The lowest BCUT2D eigenvalue weighted by Crippen LogP contribution is -2.40. The van der Waals surface area contributed by atoms with E-state index >= 15 is 0 Å². The average Bonchev–Trinajstić information content (AvgIpc) is 2.50. The zero-order valence-corrected chi connectivity index (χ0v) is 14.3. The minimum atomic E-state index is -3.15. The van der Waals surface area contributed by atoms with Crippen molar-refractivity contribution in [3.8, 4) is 0 Å². The fourth-order valence-electron chi connectivity index (χ4n) is 1.87. The molecule has 0 saturated carbocycles. The van der Waals surface area contributed by atoms with Gasteiger partial charge in [-0.15, -0.1) is 11.6 Å². The Morgan fingerprint density at radius 1 is 1.21 bits per heavy atom. The van der Waals surface area contributed by atoms with Crippen molar-refractivity contribution in [3.63, 3.8) is 0 Å². The molecule has 1 fully saturated rings. The van der Waals surface area contributed by atoms with Gasteiger partial charge in [-0.1, -0.05) is 31.9 Å². The Labute approximate surface area is 133 Å². The van der Waals surface area contributed by atoms with Gasteiger partial charge in [-0.2, -0.15) is 0 Å². The van der Waals surface area contributed by atoms with Crippen LogP contribution in [0.5, 0.6) is 0 Å². The van der Waals surface area contributed by atoms with Crippen molar-refractivity contribution in [2.45, 2.75) is 11.4 Å². The van der Waals surface area contributed by atoms with Crippen molar-refractivity contribution in [2.75, 3.05) is 11.5 Å². The van der Waals surface area contributed by atoms with Gasteiger partial charge < -0.3 is 5.32 Å². The third-order valence-corrected chi connectivity index (χ3v) is 6.02. The molecule has 0 spiro atoms. The predicted molar refractivity (Wildman–Crippen MR) is 81.4 cm³/mol. The molecule has 0 aliphatic carbocycles. The predicted octanol–water partition coefficient (Wildman–Crippen LogP) is 2.35. The number of benzene rings is 1. The summed E-state index contributed by atoms with van der Waals surface area (Å²) in [6.45, 7) is 0. The second-order valence-corrected chi connectivity index (χ2v) is 8.88. The lowest BCUT2D eigenvalue weighted by molar-refractivity contribution is 0.0941. The highest BCUT2D eigenvalue weighted by Gasteiger charge is 2.37. The molecule has 1 saturated heterocycles. The number of nitrogens with one attached hydrogen (secondary N) is 1. The van der Waals surface area contributed by atoms with Gasteiger partial charge in [0.05, 0.1) is 22.9 Å². The van der Waals surface area contributed by atoms with Crippen molar-refractivity contribution < 1.29 is 13.2 Å². The molecule has 0 bridgehead atoms. The molecule has 19 heavy (non-hydrogen) atoms. The van der Waals surface area contributed by atoms with Crippen LogP contribution in [-0.2, 0) is 9.84 Å². The fraction of sp³-hybridized carbons (Fsp3) is 0.364. The molecule has 2 rings (SSSR count). The van der Waals surface area contributed by atoms with Crippen LogP contribution >= 0.6 is 43.5 Å². The van der Waals surface area contributed by atoms with Crippen LogP contribution in [0.25, 0.3) is 0 Å². The summed E-state index contributed by atoms with van der Waals surface area (Å²) in [5, 5.41) is 2.08. The topological polar surface area (TPSA) is 63.2 Å². The van der Waals surface area contributed by atoms with E-state index in [0.717, 1.165) is 8.95 Å². The van der Waals surface area contributed by atoms with Crippen molar-refractivity contribution in [1.29, 1.82) is 0 Å². The Morgan fingerprint density at radius 2 is 1.79 bits per heavy atom. The van der Waals surface area contributed by atoms with Crippen molar-refractivity contribution in [3.05, 3.63) is 32.7 Å². The molecule has 1 aliphatic heterocycles. The van der Waals surface area contributed by atoms with Crippen LogP contribution in [0.15, 0.2) is 27.1 Å². The molecule has 1 N–H and O–H groups in total. The average molecular weight is 432 g/mol. The summed E-state index contributed by atoms with van der Waals surface area (Å²) in [7, 11) is -3.15. The molecule has 8 heteroatoms. The molecule has 2 unspecified atom stereocenters. The molecule has 2 atom stereocenters. The highest BCUT2D eigenvalue weighted by molar-refractivity contribution is 9.11. The lowest BCUT2D eigenvalue weighted by atomic mass is 10.2. The van der Waals surface area contributed by atoms with E-state index in [2.05, 4.69) is 37.2 Å². The number of hydrogen-bond acceptors (Lipinski definition) is 3. The molecular formula is C11H10Br2ClNO3S. The maximum Gasteiger partial charge on any atom is 0.251 e. The monoisotopic (exact) mass is 429 g/mol. The van der Waals surface area contributed by atoms with E-state index in [0.29, 0.717) is 5.56 Å². The van der Waals surface area contributed by atoms with Gasteiger partial charge in [-0.3, -0.25) is 4.79 Å². The molecule has 1 aliphatic rings. The second kappa shape index (κ2) is 5.71. The van der Waals surface area contributed by atoms with Gasteiger partial charge in [0.2, 0.25) is 0 Å². The number of sulfone groups is 1. The zero-order chi connectivity index (χ0) is 14.2. The van der Waals surface area contributed by atoms with E-state index in [4.69, 9.17) is 11.6 Å². The molecule has 1 aromatic rings. The van der Waals surface area contributed by atoms with Gasteiger partial charge in [0, 0.05) is 14.5 Å². The first-order valence-electron chi connectivity index (χ1n) is 5.38. The quantitative estimate of drug-likeness (QED) is 0.732. The lowest BCUT2D eigenvalue weighted by Gasteiger charge is -2.14. The number of halogens is 3. The maximum atomic E-state index is 12.1. The first-order chi connectivity index (χ1) is 8.77. The molecule has 0 radical (unpaired) electrons. The third kappa shape index (κ3) is 3.93. The van der Waals surface area contributed by atoms with E-state index < -0.39 is 21.3 Å². The van der Waals surface area contributed by atoms with Crippen molar-refractivity contribution in [1.82, 2.24) is 5.32 Å². The molecule has 0 aromatic heterocycles. The van der Waals surface area contributed by atoms with Gasteiger partial charge in [-0.05, 0) is 18.2 Å². The summed E-state index contributed by atoms with van der Waals surface area (Å²) >= 11 is 12.5. The summed E-state index contributed by atoms with van der Waals surface area (Å²) in [6, 6.07) is 4.58. The smallest absolute Gasteiger partial charge is 0.251 e. The normalized spacial score (nSPS) is 25.2. The number of alkyl halides is 1. The van der Waals surface area contributed by atoms with Crippen molar-refractivity contribution in [2.24, 2.45) is 0 Å². The molecule has 1 aromatic carbocycles. The van der Waals surface area contributed by atoms with E-state index in [9.17, 15) is 13.2 Å². The standard InChI is InChI=1S/C11H10Br2ClNO3S/c12-7-1-6(2-8(13)3-7)11(16)15-10-5-19(17,18)4-9(10)14/h1-3,9-10H,4-5H2,(H,15,16). The van der Waals surface area contributed by atoms with Gasteiger partial charge >= 0.3 is 0 Å². The number of amides is 1. The number of hydrogen-bond donors (Lipinski definition) is 1. The van der Waals surface area contributed by atoms with E-state index in [-0.39, 0.29) is 17.4 Å². The third-order valence-electron chi connectivity index (χ3n) is 2.72.